The molecule has 0 saturated heterocycles. The van der Waals surface area contributed by atoms with Gasteiger partial charge >= 0.3 is 0 Å². The lowest BCUT2D eigenvalue weighted by atomic mass is 10.0. The van der Waals surface area contributed by atoms with Crippen molar-refractivity contribution in [3.05, 3.63) is 92.2 Å². The van der Waals surface area contributed by atoms with E-state index in [-0.39, 0.29) is 29.9 Å². The Morgan fingerprint density at radius 3 is 2.56 bits per heavy atom. The molecule has 0 fully saturated rings. The molecular weight excluding hydrogens is 362 g/mol. The molecule has 0 unspecified atom stereocenters. The predicted molar refractivity (Wildman–Crippen MR) is 106 cm³/mol. The van der Waals surface area contributed by atoms with Crippen LogP contribution in [0.1, 0.15) is 22.0 Å². The van der Waals surface area contributed by atoms with E-state index >= 15 is 0 Å². The van der Waals surface area contributed by atoms with Gasteiger partial charge in [-0.15, -0.1) is 11.3 Å². The van der Waals surface area contributed by atoms with Crippen molar-refractivity contribution in [2.24, 2.45) is 0 Å². The lowest BCUT2D eigenvalue weighted by Crippen LogP contribution is -2.87. The van der Waals surface area contributed by atoms with Gasteiger partial charge in [-0.2, -0.15) is 0 Å². The number of anilines is 1. The largest absolute Gasteiger partial charge is 0.328 e. The van der Waals surface area contributed by atoms with Crippen LogP contribution in [-0.2, 0) is 4.79 Å². The maximum atomic E-state index is 12.4. The molecular formula is C20H20N3O3S+. The van der Waals surface area contributed by atoms with Crippen LogP contribution in [-0.4, -0.2) is 17.4 Å². The van der Waals surface area contributed by atoms with Crippen LogP contribution in [0.4, 0.5) is 11.4 Å². The standard InChI is InChI=1S/C20H19N3O3S/c1-14-8-10-15(11-9-14)20(18-7-4-12-27-18)21-13-19(24)22-16-5-2-3-6-17(16)23(25)26/h2-12,20-21H,13H2,1H3,(H,22,24)/p+1/t20-/m0/s1. The molecule has 3 N–H and O–H groups in total. The Morgan fingerprint density at radius 2 is 1.89 bits per heavy atom. The topological polar surface area (TPSA) is 88.8 Å². The number of amides is 1. The Morgan fingerprint density at radius 1 is 1.15 bits per heavy atom. The van der Waals surface area contributed by atoms with Crippen molar-refractivity contribution in [1.29, 1.82) is 0 Å². The monoisotopic (exact) mass is 382 g/mol. The first kappa shape index (κ1) is 18.8. The maximum Gasteiger partial charge on any atom is 0.292 e. The van der Waals surface area contributed by atoms with Crippen LogP contribution in [0.25, 0.3) is 0 Å². The van der Waals surface area contributed by atoms with Crippen molar-refractivity contribution in [2.45, 2.75) is 13.0 Å². The molecule has 138 valence electrons. The van der Waals surface area contributed by atoms with E-state index in [2.05, 4.69) is 29.6 Å². The summed E-state index contributed by atoms with van der Waals surface area (Å²) < 4.78 is 0. The predicted octanol–water partition coefficient (Wildman–Crippen LogP) is 3.26. The van der Waals surface area contributed by atoms with Gasteiger partial charge in [0.25, 0.3) is 11.6 Å². The summed E-state index contributed by atoms with van der Waals surface area (Å²) in [5.41, 5.74) is 2.39. The second kappa shape index (κ2) is 8.57. The van der Waals surface area contributed by atoms with Crippen LogP contribution in [0.5, 0.6) is 0 Å². The van der Waals surface area contributed by atoms with Crippen LogP contribution in [0.2, 0.25) is 0 Å². The number of nitrogens with zero attached hydrogens (tertiary/aromatic N) is 1. The lowest BCUT2D eigenvalue weighted by molar-refractivity contribution is -0.675. The Balaban J connectivity index is 1.71. The summed E-state index contributed by atoms with van der Waals surface area (Å²) in [5.74, 6) is -0.280. The van der Waals surface area contributed by atoms with E-state index in [0.717, 1.165) is 10.4 Å². The second-order valence-corrected chi connectivity index (χ2v) is 7.15. The minimum absolute atomic E-state index is 0.00195. The van der Waals surface area contributed by atoms with E-state index in [1.807, 2.05) is 29.8 Å². The number of rotatable bonds is 7. The first-order valence-corrected chi connectivity index (χ1v) is 9.39. The van der Waals surface area contributed by atoms with Gasteiger partial charge in [-0.1, -0.05) is 48.0 Å². The molecule has 1 heterocycles. The molecule has 3 rings (SSSR count). The smallest absolute Gasteiger partial charge is 0.292 e. The highest BCUT2D eigenvalue weighted by atomic mass is 32.1. The normalized spacial score (nSPS) is 11.7. The first-order chi connectivity index (χ1) is 13.0. The number of para-hydroxylation sites is 2. The molecule has 0 spiro atoms. The number of hydrogen-bond donors (Lipinski definition) is 2. The van der Waals surface area contributed by atoms with Gasteiger partial charge in [0.15, 0.2) is 6.54 Å². The Kier molecular flexibility index (Phi) is 5.95. The average Bonchev–Trinajstić information content (AvgIpc) is 3.18. The number of nitrogens with two attached hydrogens (primary N) is 1. The van der Waals surface area contributed by atoms with E-state index in [4.69, 9.17) is 0 Å². The summed E-state index contributed by atoms with van der Waals surface area (Å²) in [4.78, 5) is 24.1. The molecule has 0 saturated carbocycles. The number of carbonyl (C=O) groups is 1. The highest BCUT2D eigenvalue weighted by Crippen LogP contribution is 2.24. The molecule has 0 bridgehead atoms. The van der Waals surface area contributed by atoms with Crippen molar-refractivity contribution in [1.82, 2.24) is 0 Å². The third kappa shape index (κ3) is 4.78. The van der Waals surface area contributed by atoms with Gasteiger partial charge in [-0.25, -0.2) is 0 Å². The molecule has 1 amide bonds. The molecule has 27 heavy (non-hydrogen) atoms. The number of quaternary nitrogens is 1. The zero-order chi connectivity index (χ0) is 19.2. The lowest BCUT2D eigenvalue weighted by Gasteiger charge is -2.15. The van der Waals surface area contributed by atoms with Crippen molar-refractivity contribution in [3.63, 3.8) is 0 Å². The van der Waals surface area contributed by atoms with E-state index < -0.39 is 4.92 Å². The van der Waals surface area contributed by atoms with Gasteiger partial charge in [-0.05, 0) is 24.4 Å². The summed E-state index contributed by atoms with van der Waals surface area (Å²) in [6.45, 7) is 2.19. The fourth-order valence-corrected chi connectivity index (χ4v) is 3.67. The molecule has 1 atom stereocenters. The zero-order valence-electron chi connectivity index (χ0n) is 14.8. The van der Waals surface area contributed by atoms with Crippen LogP contribution >= 0.6 is 11.3 Å². The molecule has 1 aromatic heterocycles. The molecule has 2 aromatic carbocycles. The summed E-state index contributed by atoms with van der Waals surface area (Å²) >= 11 is 1.64. The first-order valence-electron chi connectivity index (χ1n) is 8.51. The molecule has 0 radical (unpaired) electrons. The summed E-state index contributed by atoms with van der Waals surface area (Å²) in [5, 5.41) is 17.7. The van der Waals surface area contributed by atoms with E-state index in [1.165, 1.54) is 17.7 Å². The third-order valence-electron chi connectivity index (χ3n) is 4.20. The van der Waals surface area contributed by atoms with Gasteiger partial charge in [0.1, 0.15) is 11.7 Å². The Labute approximate surface area is 161 Å². The van der Waals surface area contributed by atoms with Crippen LogP contribution in [0.3, 0.4) is 0 Å². The average molecular weight is 382 g/mol. The minimum Gasteiger partial charge on any atom is -0.328 e. The molecule has 0 aliphatic heterocycles. The number of carbonyl (C=O) groups excluding carboxylic acids is 1. The number of hydrogen-bond acceptors (Lipinski definition) is 4. The summed E-state index contributed by atoms with van der Waals surface area (Å²) in [7, 11) is 0. The number of nitro groups is 1. The third-order valence-corrected chi connectivity index (χ3v) is 5.16. The van der Waals surface area contributed by atoms with Crippen LogP contribution < -0.4 is 10.6 Å². The molecule has 7 heteroatoms. The van der Waals surface area contributed by atoms with Gasteiger partial charge in [-0.3, -0.25) is 14.9 Å². The van der Waals surface area contributed by atoms with E-state index in [9.17, 15) is 14.9 Å². The fraction of sp³-hybridized carbons (Fsp3) is 0.150. The SMILES string of the molecule is Cc1ccc([C@H]([NH2+]CC(=O)Nc2ccccc2[N+](=O)[O-])c2cccs2)cc1. The molecule has 0 aliphatic carbocycles. The van der Waals surface area contributed by atoms with E-state index in [0.29, 0.717) is 0 Å². The number of aryl methyl sites for hydroxylation is 1. The van der Waals surface area contributed by atoms with Crippen LogP contribution in [0, 0.1) is 17.0 Å². The van der Waals surface area contributed by atoms with Gasteiger partial charge in [0, 0.05) is 11.6 Å². The quantitative estimate of drug-likeness (QED) is 0.486. The van der Waals surface area contributed by atoms with Crippen molar-refractivity contribution < 1.29 is 15.0 Å². The minimum atomic E-state index is -0.500. The second-order valence-electron chi connectivity index (χ2n) is 6.17. The highest BCUT2D eigenvalue weighted by molar-refractivity contribution is 7.10. The number of benzene rings is 2. The van der Waals surface area contributed by atoms with Gasteiger partial charge in [0.2, 0.25) is 0 Å². The van der Waals surface area contributed by atoms with E-state index in [1.54, 1.807) is 23.5 Å². The van der Waals surface area contributed by atoms with Crippen molar-refractivity contribution in [3.8, 4) is 0 Å². The molecule has 0 aliphatic rings. The highest BCUT2D eigenvalue weighted by Gasteiger charge is 2.21. The number of thiophene rings is 1. The molecule has 3 aromatic rings. The summed E-state index contributed by atoms with van der Waals surface area (Å²) in [6, 6.07) is 18.4. The zero-order valence-corrected chi connectivity index (χ0v) is 15.6. The van der Waals surface area contributed by atoms with Gasteiger partial charge in [0.05, 0.1) is 9.80 Å². The Bertz CT molecular complexity index is 924. The number of nitro benzene ring substituents is 1. The van der Waals surface area contributed by atoms with Crippen molar-refractivity contribution >= 4 is 28.6 Å². The fourth-order valence-electron chi connectivity index (χ4n) is 2.82. The maximum absolute atomic E-state index is 12.4. The molecule has 6 nitrogen and oxygen atoms in total. The van der Waals surface area contributed by atoms with Crippen LogP contribution in [0.15, 0.2) is 66.0 Å². The van der Waals surface area contributed by atoms with Crippen molar-refractivity contribution in [2.75, 3.05) is 11.9 Å². The summed E-state index contributed by atoms with van der Waals surface area (Å²) in [6.07, 6.45) is 0. The Hall–Kier alpha value is -3.03. The number of nitrogens with one attached hydrogen (secondary N) is 1. The van der Waals surface area contributed by atoms with Gasteiger partial charge < -0.3 is 10.6 Å².